The van der Waals surface area contributed by atoms with Crippen LogP contribution in [0, 0.1) is 12.8 Å². The summed E-state index contributed by atoms with van der Waals surface area (Å²) >= 11 is 1.70. The van der Waals surface area contributed by atoms with Crippen molar-refractivity contribution in [2.24, 2.45) is 11.7 Å². The predicted octanol–water partition coefficient (Wildman–Crippen LogP) is 2.57. The highest BCUT2D eigenvalue weighted by Crippen LogP contribution is 2.28. The van der Waals surface area contributed by atoms with Gasteiger partial charge in [0.05, 0.1) is 11.6 Å². The predicted molar refractivity (Wildman–Crippen MR) is 77.7 cm³/mol. The molecule has 0 fully saturated rings. The van der Waals surface area contributed by atoms with Crippen molar-refractivity contribution in [3.05, 3.63) is 45.9 Å². The van der Waals surface area contributed by atoms with E-state index in [1.165, 1.54) is 5.56 Å². The lowest BCUT2D eigenvalue weighted by atomic mass is 9.89. The van der Waals surface area contributed by atoms with Gasteiger partial charge in [-0.3, -0.25) is 0 Å². The van der Waals surface area contributed by atoms with E-state index in [9.17, 15) is 0 Å². The van der Waals surface area contributed by atoms with Crippen LogP contribution in [-0.4, -0.2) is 17.6 Å². The van der Waals surface area contributed by atoms with E-state index < -0.39 is 0 Å². The summed E-state index contributed by atoms with van der Waals surface area (Å²) in [6.07, 6.45) is 1.84. The summed E-state index contributed by atoms with van der Waals surface area (Å²) in [6.45, 7) is 2.73. The molecule has 0 radical (unpaired) electrons. The number of aryl methyl sites for hydroxylation is 1. The zero-order chi connectivity index (χ0) is 13.2. The summed E-state index contributed by atoms with van der Waals surface area (Å²) < 4.78 is 5.80. The Labute approximate surface area is 117 Å². The van der Waals surface area contributed by atoms with E-state index in [1.54, 1.807) is 11.3 Å². The molecule has 2 unspecified atom stereocenters. The van der Waals surface area contributed by atoms with Crippen molar-refractivity contribution < 1.29 is 4.74 Å². The van der Waals surface area contributed by atoms with Gasteiger partial charge in [-0.05, 0) is 25.0 Å². The fourth-order valence-electron chi connectivity index (χ4n) is 2.49. The average Bonchev–Trinajstić information content (AvgIpc) is 2.83. The van der Waals surface area contributed by atoms with Crippen molar-refractivity contribution >= 4 is 11.3 Å². The molecule has 100 valence electrons. The fraction of sp³-hybridized carbons (Fsp3) is 0.400. The molecule has 2 aromatic rings. The Balaban J connectivity index is 1.67. The largest absolute Gasteiger partial charge is 0.493 e. The van der Waals surface area contributed by atoms with E-state index in [0.29, 0.717) is 12.5 Å². The minimum Gasteiger partial charge on any atom is -0.493 e. The van der Waals surface area contributed by atoms with Crippen LogP contribution >= 0.6 is 11.3 Å². The Morgan fingerprint density at radius 1 is 1.47 bits per heavy atom. The van der Waals surface area contributed by atoms with Gasteiger partial charge in [0.2, 0.25) is 0 Å². The van der Waals surface area contributed by atoms with E-state index in [2.05, 4.69) is 22.5 Å². The van der Waals surface area contributed by atoms with E-state index in [4.69, 9.17) is 10.5 Å². The fourth-order valence-corrected chi connectivity index (χ4v) is 3.34. The molecular formula is C15H18N2OS. The van der Waals surface area contributed by atoms with Gasteiger partial charge in [-0.15, -0.1) is 11.3 Å². The molecule has 0 aliphatic carbocycles. The smallest absolute Gasteiger partial charge is 0.122 e. The van der Waals surface area contributed by atoms with Crippen molar-refractivity contribution in [1.29, 1.82) is 0 Å². The third-order valence-electron chi connectivity index (χ3n) is 3.59. The Hall–Kier alpha value is -1.39. The van der Waals surface area contributed by atoms with Gasteiger partial charge in [0.25, 0.3) is 0 Å². The number of nitrogens with zero attached hydrogens (tertiary/aromatic N) is 1. The van der Waals surface area contributed by atoms with Crippen LogP contribution in [0.4, 0.5) is 0 Å². The van der Waals surface area contributed by atoms with E-state index >= 15 is 0 Å². The number of aromatic nitrogens is 1. The Morgan fingerprint density at radius 3 is 3.11 bits per heavy atom. The number of benzene rings is 1. The van der Waals surface area contributed by atoms with Crippen LogP contribution in [0.5, 0.6) is 5.75 Å². The lowest BCUT2D eigenvalue weighted by Crippen LogP contribution is -2.39. The van der Waals surface area contributed by atoms with Crippen molar-refractivity contribution in [3.8, 4) is 5.75 Å². The van der Waals surface area contributed by atoms with Crippen molar-refractivity contribution in [2.75, 3.05) is 6.61 Å². The Kier molecular flexibility index (Phi) is 3.53. The van der Waals surface area contributed by atoms with Crippen LogP contribution in [0.3, 0.4) is 0 Å². The standard InChI is InChI=1S/C15H18N2OS/c1-10-9-19-15(17-10)7-13(16)12-6-11-4-2-3-5-14(11)18-8-12/h2-5,9,12-13H,6-8,16H2,1H3. The molecule has 19 heavy (non-hydrogen) atoms. The van der Waals surface area contributed by atoms with Crippen molar-refractivity contribution in [1.82, 2.24) is 4.98 Å². The van der Waals surface area contributed by atoms with Gasteiger partial charge >= 0.3 is 0 Å². The summed E-state index contributed by atoms with van der Waals surface area (Å²) in [4.78, 5) is 4.49. The first-order chi connectivity index (χ1) is 9.22. The zero-order valence-corrected chi connectivity index (χ0v) is 11.8. The summed E-state index contributed by atoms with van der Waals surface area (Å²) in [7, 11) is 0. The van der Waals surface area contributed by atoms with Gasteiger partial charge in [-0.2, -0.15) is 0 Å². The topological polar surface area (TPSA) is 48.1 Å². The molecule has 3 nitrogen and oxygen atoms in total. The van der Waals surface area contributed by atoms with Gasteiger partial charge in [0.1, 0.15) is 5.75 Å². The first-order valence-corrected chi connectivity index (χ1v) is 7.47. The molecule has 0 saturated heterocycles. The highest BCUT2D eigenvalue weighted by molar-refractivity contribution is 7.09. The number of para-hydroxylation sites is 1. The molecule has 1 aromatic carbocycles. The number of thiazole rings is 1. The first kappa shape index (κ1) is 12.6. The number of fused-ring (bicyclic) bond motifs is 1. The van der Waals surface area contributed by atoms with Crippen LogP contribution in [0.15, 0.2) is 29.6 Å². The molecule has 2 atom stereocenters. The van der Waals surface area contributed by atoms with Crippen LogP contribution < -0.4 is 10.5 Å². The molecule has 2 heterocycles. The molecule has 0 bridgehead atoms. The maximum absolute atomic E-state index is 6.33. The molecular weight excluding hydrogens is 256 g/mol. The molecule has 1 aromatic heterocycles. The maximum Gasteiger partial charge on any atom is 0.122 e. The summed E-state index contributed by atoms with van der Waals surface area (Å²) in [5.74, 6) is 1.38. The first-order valence-electron chi connectivity index (χ1n) is 6.59. The molecule has 3 rings (SSSR count). The molecule has 0 saturated carbocycles. The Bertz CT molecular complexity index is 567. The monoisotopic (exact) mass is 274 g/mol. The SMILES string of the molecule is Cc1csc(CC(N)C2COc3ccccc3C2)n1. The number of hydrogen-bond donors (Lipinski definition) is 1. The average molecular weight is 274 g/mol. The van der Waals surface area contributed by atoms with Gasteiger partial charge in [-0.1, -0.05) is 18.2 Å². The van der Waals surface area contributed by atoms with Gasteiger partial charge in [0.15, 0.2) is 0 Å². The summed E-state index contributed by atoms with van der Waals surface area (Å²) in [5, 5.41) is 3.21. The minimum atomic E-state index is 0.110. The third-order valence-corrected chi connectivity index (χ3v) is 4.58. The molecule has 0 spiro atoms. The highest BCUT2D eigenvalue weighted by Gasteiger charge is 2.25. The maximum atomic E-state index is 6.33. The third kappa shape index (κ3) is 2.80. The molecule has 1 aliphatic heterocycles. The quantitative estimate of drug-likeness (QED) is 0.936. The van der Waals surface area contributed by atoms with E-state index in [0.717, 1.165) is 29.3 Å². The molecule has 0 amide bonds. The molecule has 1 aliphatic rings. The number of ether oxygens (including phenoxy) is 1. The highest BCUT2D eigenvalue weighted by atomic mass is 32.1. The summed E-state index contributed by atoms with van der Waals surface area (Å²) in [5.41, 5.74) is 8.68. The lowest BCUT2D eigenvalue weighted by molar-refractivity contribution is 0.199. The summed E-state index contributed by atoms with van der Waals surface area (Å²) in [6, 6.07) is 8.33. The van der Waals surface area contributed by atoms with Gasteiger partial charge in [0, 0.05) is 29.5 Å². The van der Waals surface area contributed by atoms with Crippen LogP contribution in [0.1, 0.15) is 16.3 Å². The molecule has 2 N–H and O–H groups in total. The second kappa shape index (κ2) is 5.31. The number of rotatable bonds is 3. The van der Waals surface area contributed by atoms with Gasteiger partial charge < -0.3 is 10.5 Å². The van der Waals surface area contributed by atoms with E-state index in [-0.39, 0.29) is 6.04 Å². The zero-order valence-electron chi connectivity index (χ0n) is 11.0. The van der Waals surface area contributed by atoms with E-state index in [1.807, 2.05) is 19.1 Å². The van der Waals surface area contributed by atoms with Crippen molar-refractivity contribution in [3.63, 3.8) is 0 Å². The second-order valence-electron chi connectivity index (χ2n) is 5.13. The van der Waals surface area contributed by atoms with Crippen molar-refractivity contribution in [2.45, 2.75) is 25.8 Å². The normalized spacial score (nSPS) is 19.6. The second-order valence-corrected chi connectivity index (χ2v) is 6.08. The van der Waals surface area contributed by atoms with Gasteiger partial charge in [-0.25, -0.2) is 4.98 Å². The number of nitrogens with two attached hydrogens (primary N) is 1. The van der Waals surface area contributed by atoms with Crippen LogP contribution in [0.2, 0.25) is 0 Å². The van der Waals surface area contributed by atoms with Crippen LogP contribution in [-0.2, 0) is 12.8 Å². The van der Waals surface area contributed by atoms with Crippen LogP contribution in [0.25, 0.3) is 0 Å². The number of hydrogen-bond acceptors (Lipinski definition) is 4. The Morgan fingerprint density at radius 2 is 2.32 bits per heavy atom. The minimum absolute atomic E-state index is 0.110. The molecule has 4 heteroatoms. The lowest BCUT2D eigenvalue weighted by Gasteiger charge is -2.29.